The number of halogens is 1. The molecule has 0 radical (unpaired) electrons. The van der Waals surface area contributed by atoms with Crippen molar-refractivity contribution in [3.8, 4) is 0 Å². The normalized spacial score (nSPS) is 19.4. The van der Waals surface area contributed by atoms with Gasteiger partial charge in [-0.2, -0.15) is 0 Å². The number of rotatable bonds is 4. The van der Waals surface area contributed by atoms with E-state index in [1.807, 2.05) is 12.1 Å². The van der Waals surface area contributed by atoms with Crippen LogP contribution in [0, 0.1) is 5.82 Å². The minimum absolute atomic E-state index is 0.177. The monoisotopic (exact) mass is 250 g/mol. The highest BCUT2D eigenvalue weighted by atomic mass is 19.1. The molecule has 0 aromatic heterocycles. The predicted molar refractivity (Wildman–Crippen MR) is 73.1 cm³/mol. The largest absolute Gasteiger partial charge is 0.330 e. The van der Waals surface area contributed by atoms with Crippen LogP contribution in [0.4, 0.5) is 4.39 Å². The van der Waals surface area contributed by atoms with E-state index in [9.17, 15) is 4.39 Å². The first-order valence-corrected chi connectivity index (χ1v) is 6.97. The van der Waals surface area contributed by atoms with Gasteiger partial charge >= 0.3 is 0 Å². The van der Waals surface area contributed by atoms with Gasteiger partial charge in [-0.1, -0.05) is 25.0 Å². The second kappa shape index (κ2) is 6.86. The lowest BCUT2D eigenvalue weighted by molar-refractivity contribution is 0.267. The zero-order valence-electron chi connectivity index (χ0n) is 10.9. The van der Waals surface area contributed by atoms with Crippen molar-refractivity contribution < 1.29 is 4.39 Å². The molecule has 1 aromatic rings. The zero-order chi connectivity index (χ0) is 12.8. The Kier molecular flexibility index (Phi) is 5.14. The fourth-order valence-electron chi connectivity index (χ4n) is 2.68. The second-order valence-corrected chi connectivity index (χ2v) is 5.20. The number of nitrogens with two attached hydrogens (primary N) is 1. The summed E-state index contributed by atoms with van der Waals surface area (Å²) in [5.74, 6) is 0.146. The molecular formula is C15H23FN2. The van der Waals surface area contributed by atoms with Crippen molar-refractivity contribution in [1.82, 2.24) is 4.90 Å². The molecule has 1 aliphatic heterocycles. The van der Waals surface area contributed by atoms with E-state index >= 15 is 0 Å². The maximum Gasteiger partial charge on any atom is 0.123 e. The molecule has 1 unspecified atom stereocenters. The molecule has 1 saturated heterocycles. The van der Waals surface area contributed by atoms with Gasteiger partial charge in [-0.05, 0) is 43.6 Å². The van der Waals surface area contributed by atoms with E-state index in [0.717, 1.165) is 12.1 Å². The molecule has 0 spiro atoms. The van der Waals surface area contributed by atoms with Gasteiger partial charge in [0.2, 0.25) is 0 Å². The topological polar surface area (TPSA) is 29.3 Å². The van der Waals surface area contributed by atoms with Crippen molar-refractivity contribution >= 4 is 0 Å². The molecule has 2 N–H and O–H groups in total. The lowest BCUT2D eigenvalue weighted by Gasteiger charge is -2.25. The van der Waals surface area contributed by atoms with Crippen LogP contribution >= 0.6 is 0 Å². The van der Waals surface area contributed by atoms with E-state index in [0.29, 0.717) is 12.5 Å². The number of nitrogens with zero attached hydrogens (tertiary/aromatic N) is 1. The molecule has 3 heteroatoms. The SMILES string of the molecule is NCC(CN1CCCCCC1)c1ccc(F)cc1. The summed E-state index contributed by atoms with van der Waals surface area (Å²) in [6.45, 7) is 3.99. The molecule has 1 aliphatic rings. The van der Waals surface area contributed by atoms with Crippen LogP contribution in [0.1, 0.15) is 37.2 Å². The highest BCUT2D eigenvalue weighted by Crippen LogP contribution is 2.19. The molecule has 0 saturated carbocycles. The van der Waals surface area contributed by atoms with E-state index in [1.165, 1.54) is 50.9 Å². The van der Waals surface area contributed by atoms with Crippen LogP contribution in [0.5, 0.6) is 0 Å². The van der Waals surface area contributed by atoms with E-state index in [2.05, 4.69) is 4.90 Å². The maximum atomic E-state index is 12.9. The Morgan fingerprint density at radius 3 is 2.22 bits per heavy atom. The molecule has 1 atom stereocenters. The summed E-state index contributed by atoms with van der Waals surface area (Å²) in [6, 6.07) is 6.79. The molecule has 100 valence electrons. The van der Waals surface area contributed by atoms with E-state index < -0.39 is 0 Å². The molecule has 1 heterocycles. The van der Waals surface area contributed by atoms with Gasteiger partial charge in [-0.25, -0.2) is 4.39 Å². The van der Waals surface area contributed by atoms with Gasteiger partial charge in [0.25, 0.3) is 0 Å². The highest BCUT2D eigenvalue weighted by Gasteiger charge is 2.16. The summed E-state index contributed by atoms with van der Waals surface area (Å²) >= 11 is 0. The number of hydrogen-bond acceptors (Lipinski definition) is 2. The van der Waals surface area contributed by atoms with Crippen molar-refractivity contribution in [1.29, 1.82) is 0 Å². The van der Waals surface area contributed by atoms with Crippen LogP contribution < -0.4 is 5.73 Å². The fourth-order valence-corrected chi connectivity index (χ4v) is 2.68. The van der Waals surface area contributed by atoms with Crippen molar-refractivity contribution in [2.24, 2.45) is 5.73 Å². The van der Waals surface area contributed by atoms with Crippen molar-refractivity contribution in [2.75, 3.05) is 26.2 Å². The van der Waals surface area contributed by atoms with Crippen molar-refractivity contribution in [3.05, 3.63) is 35.6 Å². The zero-order valence-corrected chi connectivity index (χ0v) is 10.9. The third kappa shape index (κ3) is 3.79. The minimum atomic E-state index is -0.177. The minimum Gasteiger partial charge on any atom is -0.330 e. The molecular weight excluding hydrogens is 227 g/mol. The predicted octanol–water partition coefficient (Wildman–Crippen LogP) is 2.74. The summed E-state index contributed by atoms with van der Waals surface area (Å²) in [5, 5.41) is 0. The Balaban J connectivity index is 1.97. The van der Waals surface area contributed by atoms with Gasteiger partial charge in [0.15, 0.2) is 0 Å². The quantitative estimate of drug-likeness (QED) is 0.890. The molecule has 2 rings (SSSR count). The number of benzene rings is 1. The van der Waals surface area contributed by atoms with Crippen LogP contribution in [0.25, 0.3) is 0 Å². The summed E-state index contributed by atoms with van der Waals surface area (Å²) in [6.07, 6.45) is 5.28. The molecule has 0 bridgehead atoms. The van der Waals surface area contributed by atoms with Gasteiger partial charge in [-0.15, -0.1) is 0 Å². The van der Waals surface area contributed by atoms with E-state index in [-0.39, 0.29) is 5.82 Å². The molecule has 18 heavy (non-hydrogen) atoms. The smallest absolute Gasteiger partial charge is 0.123 e. The third-order valence-corrected chi connectivity index (χ3v) is 3.80. The lowest BCUT2D eigenvalue weighted by atomic mass is 9.98. The Bertz CT molecular complexity index is 342. The maximum absolute atomic E-state index is 12.9. The van der Waals surface area contributed by atoms with Crippen LogP contribution in [0.2, 0.25) is 0 Å². The van der Waals surface area contributed by atoms with Crippen LogP contribution in [0.15, 0.2) is 24.3 Å². The van der Waals surface area contributed by atoms with Gasteiger partial charge in [0.05, 0.1) is 0 Å². The van der Waals surface area contributed by atoms with E-state index in [4.69, 9.17) is 5.73 Å². The Labute approximate surface area is 109 Å². The first kappa shape index (κ1) is 13.5. The second-order valence-electron chi connectivity index (χ2n) is 5.20. The fraction of sp³-hybridized carbons (Fsp3) is 0.600. The molecule has 0 amide bonds. The highest BCUT2D eigenvalue weighted by molar-refractivity contribution is 5.21. The van der Waals surface area contributed by atoms with Gasteiger partial charge in [0.1, 0.15) is 5.82 Å². The summed E-state index contributed by atoms with van der Waals surface area (Å²) in [4.78, 5) is 2.51. The number of hydrogen-bond donors (Lipinski definition) is 1. The summed E-state index contributed by atoms with van der Waals surface area (Å²) in [7, 11) is 0. The molecule has 1 aromatic carbocycles. The van der Waals surface area contributed by atoms with Gasteiger partial charge < -0.3 is 10.6 Å². The van der Waals surface area contributed by atoms with Crippen LogP contribution in [0.3, 0.4) is 0 Å². The molecule has 0 aliphatic carbocycles. The van der Waals surface area contributed by atoms with Gasteiger partial charge in [0, 0.05) is 19.0 Å². The summed E-state index contributed by atoms with van der Waals surface area (Å²) < 4.78 is 12.9. The average Bonchev–Trinajstić information content (AvgIpc) is 2.66. The Hall–Kier alpha value is -0.930. The van der Waals surface area contributed by atoms with Crippen molar-refractivity contribution in [2.45, 2.75) is 31.6 Å². The molecule has 1 fully saturated rings. The first-order valence-electron chi connectivity index (χ1n) is 6.97. The molecule has 2 nitrogen and oxygen atoms in total. The van der Waals surface area contributed by atoms with E-state index in [1.54, 1.807) is 0 Å². The average molecular weight is 250 g/mol. The van der Waals surface area contributed by atoms with Crippen LogP contribution in [-0.2, 0) is 0 Å². The first-order chi connectivity index (χ1) is 8.79. The third-order valence-electron chi connectivity index (χ3n) is 3.80. The van der Waals surface area contributed by atoms with Crippen molar-refractivity contribution in [3.63, 3.8) is 0 Å². The van der Waals surface area contributed by atoms with Gasteiger partial charge in [-0.3, -0.25) is 0 Å². The van der Waals surface area contributed by atoms with Crippen LogP contribution in [-0.4, -0.2) is 31.1 Å². The Morgan fingerprint density at radius 1 is 1.06 bits per heavy atom. The standard InChI is InChI=1S/C15H23FN2/c16-15-7-5-13(6-8-15)14(11-17)12-18-9-3-1-2-4-10-18/h5-8,14H,1-4,9-12,17H2. The Morgan fingerprint density at radius 2 is 1.67 bits per heavy atom. The summed E-state index contributed by atoms with van der Waals surface area (Å²) in [5.41, 5.74) is 7.03. The lowest BCUT2D eigenvalue weighted by Crippen LogP contribution is -2.32. The number of likely N-dealkylation sites (tertiary alicyclic amines) is 1.